The van der Waals surface area contributed by atoms with E-state index in [1.165, 1.54) is 11.3 Å². The number of H-pyrrole nitrogens is 1. The highest BCUT2D eigenvalue weighted by Gasteiger charge is 2.25. The molecule has 4 heterocycles. The van der Waals surface area contributed by atoms with Crippen molar-refractivity contribution in [3.05, 3.63) is 59.4 Å². The lowest BCUT2D eigenvalue weighted by molar-refractivity contribution is 0.102. The second-order valence-corrected chi connectivity index (χ2v) is 7.49. The molecule has 0 saturated carbocycles. The van der Waals surface area contributed by atoms with E-state index >= 15 is 0 Å². The highest BCUT2D eigenvalue weighted by Crippen LogP contribution is 2.30. The molecule has 1 aliphatic heterocycles. The third-order valence-electron chi connectivity index (χ3n) is 4.89. The monoisotopic (exact) mass is 391 g/mol. The number of benzene rings is 1. The Morgan fingerprint density at radius 3 is 3.11 bits per heavy atom. The van der Waals surface area contributed by atoms with Crippen LogP contribution in [0.2, 0.25) is 0 Å². The van der Waals surface area contributed by atoms with Crippen LogP contribution in [0.3, 0.4) is 0 Å². The largest absolute Gasteiger partial charge is 0.381 e. The van der Waals surface area contributed by atoms with Crippen LogP contribution in [-0.2, 0) is 4.74 Å². The van der Waals surface area contributed by atoms with Crippen LogP contribution in [0.5, 0.6) is 0 Å². The molecule has 1 aliphatic rings. The molecule has 0 spiro atoms. The zero-order chi connectivity index (χ0) is 18.9. The van der Waals surface area contributed by atoms with Gasteiger partial charge in [-0.3, -0.25) is 20.2 Å². The molecule has 0 bridgehead atoms. The van der Waals surface area contributed by atoms with Gasteiger partial charge in [-0.15, -0.1) is 11.3 Å². The lowest BCUT2D eigenvalue weighted by Gasteiger charge is -2.07. The second-order valence-electron chi connectivity index (χ2n) is 6.63. The summed E-state index contributed by atoms with van der Waals surface area (Å²) in [6, 6.07) is 10.0. The van der Waals surface area contributed by atoms with Gasteiger partial charge < -0.3 is 4.74 Å². The summed E-state index contributed by atoms with van der Waals surface area (Å²) in [5.74, 6) is -0.0441. The highest BCUT2D eigenvalue weighted by atomic mass is 32.1. The van der Waals surface area contributed by atoms with Crippen molar-refractivity contribution < 1.29 is 9.53 Å². The molecule has 140 valence electrons. The van der Waals surface area contributed by atoms with Gasteiger partial charge in [-0.25, -0.2) is 4.98 Å². The Hall–Kier alpha value is -3.10. The normalized spacial score (nSPS) is 16.5. The summed E-state index contributed by atoms with van der Waals surface area (Å²) in [5, 5.41) is 14.5. The molecule has 7 nitrogen and oxygen atoms in total. The summed E-state index contributed by atoms with van der Waals surface area (Å²) in [6.07, 6.45) is 4.22. The van der Waals surface area contributed by atoms with Crippen LogP contribution in [0.1, 0.15) is 28.4 Å². The third-order valence-corrected chi connectivity index (χ3v) is 5.65. The van der Waals surface area contributed by atoms with E-state index in [1.807, 2.05) is 35.7 Å². The Kier molecular flexibility index (Phi) is 4.34. The van der Waals surface area contributed by atoms with Crippen LogP contribution in [0, 0.1) is 0 Å². The molecule has 1 saturated heterocycles. The minimum absolute atomic E-state index is 0.176. The van der Waals surface area contributed by atoms with Gasteiger partial charge in [0.2, 0.25) is 0 Å². The van der Waals surface area contributed by atoms with Gasteiger partial charge in [-0.2, -0.15) is 5.10 Å². The predicted molar refractivity (Wildman–Crippen MR) is 108 cm³/mol. The Morgan fingerprint density at radius 2 is 2.21 bits per heavy atom. The summed E-state index contributed by atoms with van der Waals surface area (Å²) < 4.78 is 5.42. The van der Waals surface area contributed by atoms with Gasteiger partial charge in [0.05, 0.1) is 29.8 Å². The van der Waals surface area contributed by atoms with E-state index in [4.69, 9.17) is 4.74 Å². The van der Waals surface area contributed by atoms with E-state index in [2.05, 4.69) is 25.5 Å². The summed E-state index contributed by atoms with van der Waals surface area (Å²) >= 11 is 1.38. The van der Waals surface area contributed by atoms with Crippen molar-refractivity contribution in [2.24, 2.45) is 0 Å². The van der Waals surface area contributed by atoms with E-state index in [9.17, 15) is 4.79 Å². The minimum Gasteiger partial charge on any atom is -0.381 e. The van der Waals surface area contributed by atoms with Crippen molar-refractivity contribution in [2.75, 3.05) is 18.5 Å². The summed E-state index contributed by atoms with van der Waals surface area (Å²) in [5.41, 5.74) is 2.91. The fourth-order valence-corrected chi connectivity index (χ4v) is 4.17. The molecule has 0 aliphatic carbocycles. The molecule has 1 unspecified atom stereocenters. The van der Waals surface area contributed by atoms with Crippen LogP contribution < -0.4 is 5.32 Å². The van der Waals surface area contributed by atoms with Crippen LogP contribution in [0.25, 0.3) is 22.2 Å². The number of fused-ring (bicyclic) bond motifs is 1. The number of carbonyl (C=O) groups excluding carboxylic acids is 1. The number of ether oxygens (including phenoxy) is 1. The topological polar surface area (TPSA) is 92.8 Å². The standard InChI is InChI=1S/C20H17N5O2S/c26-19(15-9-22-25-17(15)13-6-8-27-10-13)24-20-23-16(11-28-20)18-14-4-2-1-3-12(14)5-7-21-18/h1-5,7,9,11,13H,6,8,10H2,(H,22,25)(H,23,24,26). The van der Waals surface area contributed by atoms with Crippen molar-refractivity contribution in [1.29, 1.82) is 0 Å². The molecule has 4 aromatic rings. The third kappa shape index (κ3) is 3.06. The number of pyridine rings is 1. The maximum atomic E-state index is 12.7. The maximum absolute atomic E-state index is 12.7. The van der Waals surface area contributed by atoms with Gasteiger partial charge in [-0.05, 0) is 17.9 Å². The number of carbonyl (C=O) groups is 1. The molecule has 1 aromatic carbocycles. The first-order valence-corrected chi connectivity index (χ1v) is 9.89. The number of rotatable bonds is 4. The van der Waals surface area contributed by atoms with Crippen molar-refractivity contribution in [1.82, 2.24) is 20.2 Å². The van der Waals surface area contributed by atoms with E-state index in [1.54, 1.807) is 12.4 Å². The molecule has 5 rings (SSSR count). The number of amides is 1. The van der Waals surface area contributed by atoms with Crippen LogP contribution in [0.15, 0.2) is 48.1 Å². The minimum atomic E-state index is -0.220. The quantitative estimate of drug-likeness (QED) is 0.551. The predicted octanol–water partition coefficient (Wildman–Crippen LogP) is 3.84. The lowest BCUT2D eigenvalue weighted by Crippen LogP contribution is -2.15. The molecule has 1 amide bonds. The Labute approximate surface area is 164 Å². The molecule has 2 N–H and O–H groups in total. The Morgan fingerprint density at radius 1 is 1.29 bits per heavy atom. The number of nitrogens with zero attached hydrogens (tertiary/aromatic N) is 3. The van der Waals surface area contributed by atoms with Gasteiger partial charge in [0.1, 0.15) is 5.69 Å². The first kappa shape index (κ1) is 17.0. The second kappa shape index (κ2) is 7.14. The zero-order valence-corrected chi connectivity index (χ0v) is 15.7. The number of hydrogen-bond donors (Lipinski definition) is 2. The average molecular weight is 391 g/mol. The molecular weight excluding hydrogens is 374 g/mol. The van der Waals surface area contributed by atoms with Crippen molar-refractivity contribution in [3.8, 4) is 11.4 Å². The molecule has 8 heteroatoms. The maximum Gasteiger partial charge on any atom is 0.260 e. The van der Waals surface area contributed by atoms with Crippen molar-refractivity contribution in [3.63, 3.8) is 0 Å². The van der Waals surface area contributed by atoms with Crippen molar-refractivity contribution in [2.45, 2.75) is 12.3 Å². The van der Waals surface area contributed by atoms with Crippen molar-refractivity contribution >= 4 is 33.1 Å². The number of hydrogen-bond acceptors (Lipinski definition) is 6. The molecular formula is C20H17N5O2S. The van der Waals surface area contributed by atoms with Crippen LogP contribution in [0.4, 0.5) is 5.13 Å². The van der Waals surface area contributed by atoms with E-state index in [0.29, 0.717) is 23.9 Å². The number of thiazole rings is 1. The van der Waals surface area contributed by atoms with Gasteiger partial charge in [0, 0.05) is 29.5 Å². The first-order valence-electron chi connectivity index (χ1n) is 9.01. The van der Waals surface area contributed by atoms with Gasteiger partial charge >= 0.3 is 0 Å². The summed E-state index contributed by atoms with van der Waals surface area (Å²) in [7, 11) is 0. The molecule has 1 atom stereocenters. The van der Waals surface area contributed by atoms with E-state index in [-0.39, 0.29) is 11.8 Å². The summed E-state index contributed by atoms with van der Waals surface area (Å²) in [4.78, 5) is 21.8. The first-order chi connectivity index (χ1) is 13.8. The lowest BCUT2D eigenvalue weighted by atomic mass is 10.0. The smallest absolute Gasteiger partial charge is 0.260 e. The van der Waals surface area contributed by atoms with Crippen LogP contribution in [-0.4, -0.2) is 39.3 Å². The highest BCUT2D eigenvalue weighted by molar-refractivity contribution is 7.14. The number of anilines is 1. The molecule has 28 heavy (non-hydrogen) atoms. The fourth-order valence-electron chi connectivity index (χ4n) is 3.48. The molecule has 3 aromatic heterocycles. The van der Waals surface area contributed by atoms with Crippen LogP contribution >= 0.6 is 11.3 Å². The number of aromatic amines is 1. The number of aromatic nitrogens is 4. The summed E-state index contributed by atoms with van der Waals surface area (Å²) in [6.45, 7) is 1.31. The van der Waals surface area contributed by atoms with Gasteiger partial charge in [-0.1, -0.05) is 24.3 Å². The Balaban J connectivity index is 1.40. The van der Waals surface area contributed by atoms with Gasteiger partial charge in [0.15, 0.2) is 5.13 Å². The zero-order valence-electron chi connectivity index (χ0n) is 14.9. The molecule has 1 fully saturated rings. The van der Waals surface area contributed by atoms with E-state index in [0.717, 1.165) is 34.3 Å². The Bertz CT molecular complexity index is 1140. The van der Waals surface area contributed by atoms with Gasteiger partial charge in [0.25, 0.3) is 5.91 Å². The SMILES string of the molecule is O=C(Nc1nc(-c2nccc3ccccc23)cs1)c1cn[nH]c1C1CCOC1. The fraction of sp³-hybridized carbons (Fsp3) is 0.200. The molecule has 0 radical (unpaired) electrons. The number of nitrogens with one attached hydrogen (secondary N) is 2. The average Bonchev–Trinajstić information content (AvgIpc) is 3.47. The van der Waals surface area contributed by atoms with E-state index < -0.39 is 0 Å².